The summed E-state index contributed by atoms with van der Waals surface area (Å²) in [6.07, 6.45) is 4.66. The SMILES string of the molecule is NC1C2CCCCC2C1C(=O)O. The molecule has 4 atom stereocenters. The van der Waals surface area contributed by atoms with E-state index in [1.54, 1.807) is 0 Å². The summed E-state index contributed by atoms with van der Waals surface area (Å²) in [5.74, 6) is -0.0213. The van der Waals surface area contributed by atoms with Crippen LogP contribution in [0.4, 0.5) is 0 Å². The molecular weight excluding hydrogens is 154 g/mol. The highest BCUT2D eigenvalue weighted by molar-refractivity contribution is 5.73. The Balaban J connectivity index is 2.05. The molecule has 2 rings (SSSR count). The third-order valence-corrected chi connectivity index (χ3v) is 3.53. The number of fused-ring (bicyclic) bond motifs is 1. The molecule has 2 saturated carbocycles. The van der Waals surface area contributed by atoms with Crippen molar-refractivity contribution < 1.29 is 9.90 Å². The van der Waals surface area contributed by atoms with Crippen LogP contribution in [0.2, 0.25) is 0 Å². The second-order valence-corrected chi connectivity index (χ2v) is 4.05. The van der Waals surface area contributed by atoms with E-state index in [2.05, 4.69) is 0 Å². The van der Waals surface area contributed by atoms with Crippen LogP contribution in [0.3, 0.4) is 0 Å². The molecular formula is C9H15NO2. The maximum Gasteiger partial charge on any atom is 0.308 e. The lowest BCUT2D eigenvalue weighted by atomic mass is 9.55. The average molecular weight is 169 g/mol. The summed E-state index contributed by atoms with van der Waals surface area (Å²) in [4.78, 5) is 10.8. The fraction of sp³-hybridized carbons (Fsp3) is 0.889. The molecule has 0 aromatic carbocycles. The second-order valence-electron chi connectivity index (χ2n) is 4.05. The highest BCUT2D eigenvalue weighted by Gasteiger charge is 2.52. The first kappa shape index (κ1) is 8.05. The van der Waals surface area contributed by atoms with Crippen LogP contribution in [0.5, 0.6) is 0 Å². The van der Waals surface area contributed by atoms with Gasteiger partial charge in [0.1, 0.15) is 0 Å². The number of hydrogen-bond acceptors (Lipinski definition) is 2. The van der Waals surface area contributed by atoms with E-state index in [1.807, 2.05) is 0 Å². The standard InChI is InChI=1S/C9H15NO2/c10-8-6-4-2-1-3-5(6)7(8)9(11)12/h5-8H,1-4,10H2,(H,11,12). The Bertz CT molecular complexity index is 205. The van der Waals surface area contributed by atoms with Gasteiger partial charge >= 0.3 is 5.97 Å². The van der Waals surface area contributed by atoms with Crippen LogP contribution >= 0.6 is 0 Å². The van der Waals surface area contributed by atoms with Gasteiger partial charge in [0.2, 0.25) is 0 Å². The Morgan fingerprint density at radius 1 is 1.25 bits per heavy atom. The van der Waals surface area contributed by atoms with Gasteiger partial charge in [0.05, 0.1) is 5.92 Å². The van der Waals surface area contributed by atoms with Crippen molar-refractivity contribution in [2.45, 2.75) is 31.7 Å². The molecule has 2 aliphatic carbocycles. The average Bonchev–Trinajstić information content (AvgIpc) is 2.03. The summed E-state index contributed by atoms with van der Waals surface area (Å²) >= 11 is 0. The van der Waals surface area contributed by atoms with E-state index < -0.39 is 5.97 Å². The fourth-order valence-corrected chi connectivity index (χ4v) is 2.87. The summed E-state index contributed by atoms with van der Waals surface area (Å²) in [6.45, 7) is 0. The molecule has 0 aromatic rings. The smallest absolute Gasteiger partial charge is 0.308 e. The summed E-state index contributed by atoms with van der Waals surface area (Å²) in [5, 5.41) is 8.86. The van der Waals surface area contributed by atoms with Crippen molar-refractivity contribution in [1.82, 2.24) is 0 Å². The zero-order chi connectivity index (χ0) is 8.72. The van der Waals surface area contributed by atoms with Crippen molar-refractivity contribution in [2.75, 3.05) is 0 Å². The Kier molecular flexibility index (Phi) is 1.83. The van der Waals surface area contributed by atoms with Crippen LogP contribution in [0.1, 0.15) is 25.7 Å². The minimum atomic E-state index is -0.689. The summed E-state index contributed by atoms with van der Waals surface area (Å²) in [7, 11) is 0. The van der Waals surface area contributed by atoms with E-state index in [1.165, 1.54) is 12.8 Å². The molecule has 2 aliphatic rings. The number of carbonyl (C=O) groups is 1. The molecule has 0 spiro atoms. The first-order chi connectivity index (χ1) is 5.72. The molecule has 0 heterocycles. The van der Waals surface area contributed by atoms with Crippen LogP contribution in [0.25, 0.3) is 0 Å². The number of rotatable bonds is 1. The van der Waals surface area contributed by atoms with Crippen molar-refractivity contribution in [2.24, 2.45) is 23.5 Å². The number of nitrogens with two attached hydrogens (primary N) is 1. The van der Waals surface area contributed by atoms with Gasteiger partial charge in [0.25, 0.3) is 0 Å². The summed E-state index contributed by atoms with van der Waals surface area (Å²) in [5.41, 5.74) is 5.80. The van der Waals surface area contributed by atoms with E-state index in [4.69, 9.17) is 10.8 Å². The number of aliphatic carboxylic acids is 1. The molecule has 0 saturated heterocycles. The van der Waals surface area contributed by atoms with Crippen LogP contribution in [-0.2, 0) is 4.79 Å². The van der Waals surface area contributed by atoms with Crippen molar-refractivity contribution in [3.05, 3.63) is 0 Å². The molecule has 2 fully saturated rings. The van der Waals surface area contributed by atoms with E-state index in [-0.39, 0.29) is 12.0 Å². The second kappa shape index (κ2) is 2.73. The Labute approximate surface area is 71.9 Å². The van der Waals surface area contributed by atoms with Gasteiger partial charge in [0, 0.05) is 6.04 Å². The predicted octanol–water partition coefficient (Wildman–Crippen LogP) is 0.834. The van der Waals surface area contributed by atoms with Gasteiger partial charge in [-0.15, -0.1) is 0 Å². The Morgan fingerprint density at radius 3 is 2.42 bits per heavy atom. The molecule has 0 aromatic heterocycles. The molecule has 0 bridgehead atoms. The molecule has 3 N–H and O–H groups in total. The van der Waals surface area contributed by atoms with Crippen molar-refractivity contribution in [3.63, 3.8) is 0 Å². The Morgan fingerprint density at radius 2 is 1.83 bits per heavy atom. The topological polar surface area (TPSA) is 63.3 Å². The number of hydrogen-bond donors (Lipinski definition) is 2. The highest BCUT2D eigenvalue weighted by Crippen LogP contribution is 2.48. The van der Waals surface area contributed by atoms with Gasteiger partial charge in [-0.3, -0.25) is 4.79 Å². The molecule has 12 heavy (non-hydrogen) atoms. The zero-order valence-electron chi connectivity index (χ0n) is 7.07. The van der Waals surface area contributed by atoms with Crippen molar-refractivity contribution in [1.29, 1.82) is 0 Å². The minimum absolute atomic E-state index is 0.0622. The lowest BCUT2D eigenvalue weighted by Gasteiger charge is -2.51. The fourth-order valence-electron chi connectivity index (χ4n) is 2.87. The van der Waals surface area contributed by atoms with Crippen LogP contribution in [0, 0.1) is 17.8 Å². The summed E-state index contributed by atoms with van der Waals surface area (Å²) < 4.78 is 0. The summed E-state index contributed by atoms with van der Waals surface area (Å²) in [6, 6.07) is -0.0622. The number of carboxylic acid groups (broad SMARTS) is 1. The highest BCUT2D eigenvalue weighted by atomic mass is 16.4. The van der Waals surface area contributed by atoms with E-state index in [0.717, 1.165) is 12.8 Å². The maximum absolute atomic E-state index is 10.8. The first-order valence-corrected chi connectivity index (χ1v) is 4.70. The van der Waals surface area contributed by atoms with Crippen LogP contribution < -0.4 is 5.73 Å². The molecule has 0 aliphatic heterocycles. The van der Waals surface area contributed by atoms with Gasteiger partial charge in [-0.05, 0) is 24.7 Å². The van der Waals surface area contributed by atoms with E-state index in [9.17, 15) is 4.79 Å². The van der Waals surface area contributed by atoms with E-state index >= 15 is 0 Å². The zero-order valence-corrected chi connectivity index (χ0v) is 7.07. The van der Waals surface area contributed by atoms with Gasteiger partial charge < -0.3 is 10.8 Å². The molecule has 0 radical (unpaired) electrons. The number of carboxylic acids is 1. The van der Waals surface area contributed by atoms with E-state index in [0.29, 0.717) is 11.8 Å². The normalized spacial score (nSPS) is 46.1. The lowest BCUT2D eigenvalue weighted by molar-refractivity contribution is -0.155. The predicted molar refractivity (Wildman–Crippen MR) is 44.5 cm³/mol. The third kappa shape index (κ3) is 0.959. The van der Waals surface area contributed by atoms with Crippen LogP contribution in [0.15, 0.2) is 0 Å². The van der Waals surface area contributed by atoms with Crippen molar-refractivity contribution in [3.8, 4) is 0 Å². The molecule has 0 amide bonds. The minimum Gasteiger partial charge on any atom is -0.481 e. The Hall–Kier alpha value is -0.570. The third-order valence-electron chi connectivity index (χ3n) is 3.53. The maximum atomic E-state index is 10.8. The molecule has 4 unspecified atom stereocenters. The molecule has 3 heteroatoms. The molecule has 68 valence electrons. The van der Waals surface area contributed by atoms with Gasteiger partial charge in [-0.2, -0.15) is 0 Å². The van der Waals surface area contributed by atoms with Crippen LogP contribution in [-0.4, -0.2) is 17.1 Å². The van der Waals surface area contributed by atoms with Gasteiger partial charge in [-0.25, -0.2) is 0 Å². The quantitative estimate of drug-likeness (QED) is 0.611. The van der Waals surface area contributed by atoms with Gasteiger partial charge in [-0.1, -0.05) is 12.8 Å². The lowest BCUT2D eigenvalue weighted by Crippen LogP contribution is -2.60. The first-order valence-electron chi connectivity index (χ1n) is 4.70. The monoisotopic (exact) mass is 169 g/mol. The van der Waals surface area contributed by atoms with Crippen molar-refractivity contribution >= 4 is 5.97 Å². The largest absolute Gasteiger partial charge is 0.481 e. The molecule has 3 nitrogen and oxygen atoms in total. The van der Waals surface area contributed by atoms with Gasteiger partial charge in [0.15, 0.2) is 0 Å².